The van der Waals surface area contributed by atoms with Crippen molar-refractivity contribution in [1.82, 2.24) is 15.6 Å². The molecule has 1 aromatic rings. The number of nitrogens with one attached hydrogen (secondary N) is 2. The molecule has 0 saturated heterocycles. The molecule has 2 amide bonds. The van der Waals surface area contributed by atoms with E-state index in [1.54, 1.807) is 13.0 Å². The third-order valence-corrected chi connectivity index (χ3v) is 9.96. The van der Waals surface area contributed by atoms with E-state index in [1.807, 2.05) is 25.3 Å². The van der Waals surface area contributed by atoms with Crippen LogP contribution in [0.3, 0.4) is 0 Å². The fourth-order valence-electron chi connectivity index (χ4n) is 4.48. The molecule has 3 rings (SSSR count). The molecule has 4 bridgehead atoms. The average molecular weight is 637 g/mol. The molecule has 232 valence electrons. The predicted molar refractivity (Wildman–Crippen MR) is 172 cm³/mol. The van der Waals surface area contributed by atoms with E-state index in [0.717, 1.165) is 17.8 Å². The van der Waals surface area contributed by atoms with Crippen LogP contribution in [0.15, 0.2) is 22.5 Å². The van der Waals surface area contributed by atoms with E-state index in [4.69, 9.17) is 4.74 Å². The van der Waals surface area contributed by atoms with Crippen LogP contribution in [0, 0.1) is 5.92 Å². The first-order valence-electron chi connectivity index (χ1n) is 14.9. The summed E-state index contributed by atoms with van der Waals surface area (Å²) < 4.78 is 5.81. The molecule has 42 heavy (non-hydrogen) atoms. The highest BCUT2D eigenvalue weighted by atomic mass is 32.2. The average Bonchev–Trinajstić information content (AvgIpc) is 3.58. The van der Waals surface area contributed by atoms with Gasteiger partial charge in [-0.25, -0.2) is 9.78 Å². The highest BCUT2D eigenvalue weighted by molar-refractivity contribution is 8.14. The summed E-state index contributed by atoms with van der Waals surface area (Å²) in [7, 11) is 0. The topological polar surface area (TPSA) is 127 Å². The van der Waals surface area contributed by atoms with Crippen molar-refractivity contribution in [3.05, 3.63) is 28.2 Å². The Hall–Kier alpha value is -2.18. The van der Waals surface area contributed by atoms with Crippen LogP contribution in [-0.2, 0) is 30.5 Å². The predicted octanol–water partition coefficient (Wildman–Crippen LogP) is 5.42. The number of carbonyl (C=O) groups is 4. The minimum Gasteiger partial charge on any atom is -0.456 e. The van der Waals surface area contributed by atoms with Gasteiger partial charge in [0.15, 0.2) is 5.12 Å². The van der Waals surface area contributed by atoms with Gasteiger partial charge in [0.1, 0.15) is 33.4 Å². The van der Waals surface area contributed by atoms with Crippen molar-refractivity contribution in [2.24, 2.45) is 10.9 Å². The molecule has 0 radical (unpaired) electrons. The van der Waals surface area contributed by atoms with E-state index < -0.39 is 23.7 Å². The third kappa shape index (κ3) is 11.1. The molecule has 0 saturated carbocycles. The van der Waals surface area contributed by atoms with Gasteiger partial charge in [-0.15, -0.1) is 23.1 Å². The lowest BCUT2D eigenvalue weighted by atomic mass is 10.0. The number of allylic oxidation sites excluding steroid dienone is 1. The van der Waals surface area contributed by atoms with E-state index in [9.17, 15) is 19.2 Å². The number of ether oxygens (including phenoxy) is 1. The minimum absolute atomic E-state index is 0.0626. The maximum Gasteiger partial charge on any atom is 0.329 e. The molecule has 9 nitrogen and oxygen atoms in total. The first kappa shape index (κ1) is 34.3. The summed E-state index contributed by atoms with van der Waals surface area (Å²) in [5.74, 6) is -0.0308. The summed E-state index contributed by atoms with van der Waals surface area (Å²) in [5, 5.41) is 9.22. The number of hydrogen-bond donors (Lipinski definition) is 2. The largest absolute Gasteiger partial charge is 0.456 e. The summed E-state index contributed by atoms with van der Waals surface area (Å²) in [4.78, 5) is 61.0. The van der Waals surface area contributed by atoms with Gasteiger partial charge in [-0.2, -0.15) is 0 Å². The molecular formula is C30H44N4O5S3. The lowest BCUT2D eigenvalue weighted by molar-refractivity contribution is -0.152. The summed E-state index contributed by atoms with van der Waals surface area (Å²) >= 11 is 4.19. The quantitative estimate of drug-likeness (QED) is 0.177. The molecule has 0 unspecified atom stereocenters. The first-order chi connectivity index (χ1) is 20.1. The fraction of sp³-hybridized carbons (Fsp3) is 0.667. The van der Waals surface area contributed by atoms with Crippen LogP contribution in [0.5, 0.6) is 0 Å². The molecule has 0 spiro atoms. The van der Waals surface area contributed by atoms with Gasteiger partial charge in [-0.05, 0) is 38.2 Å². The lowest BCUT2D eigenvalue weighted by Crippen LogP contribution is -2.51. The van der Waals surface area contributed by atoms with Gasteiger partial charge in [0.2, 0.25) is 11.8 Å². The van der Waals surface area contributed by atoms with E-state index in [0.29, 0.717) is 41.5 Å². The number of hydrogen-bond acceptors (Lipinski definition) is 10. The maximum absolute atomic E-state index is 13.4. The highest BCUT2D eigenvalue weighted by Crippen LogP contribution is 2.32. The number of carbonyl (C=O) groups excluding carboxylic acids is 4. The SMILES string of the molecule is CCCCCCCC(=O)SCC/C=C\[C@@H]1CC(=O)NCc2nc(cs2)C2=N[C@@](C)(CS2)C(=O)N[C@@H](CC(C)C)C(=O)O1. The molecule has 1 aromatic heterocycles. The number of rotatable bonds is 12. The number of nitrogens with zero attached hydrogens (tertiary/aromatic N) is 2. The molecule has 2 aliphatic rings. The lowest BCUT2D eigenvalue weighted by Gasteiger charge is -2.26. The zero-order valence-electron chi connectivity index (χ0n) is 25.1. The summed E-state index contributed by atoms with van der Waals surface area (Å²) in [6.45, 7) is 8.12. The van der Waals surface area contributed by atoms with Gasteiger partial charge in [-0.1, -0.05) is 64.3 Å². The second kappa shape index (κ2) is 17.2. The molecule has 0 aromatic carbocycles. The Bertz CT molecular complexity index is 1150. The van der Waals surface area contributed by atoms with E-state index in [2.05, 4.69) is 27.5 Å². The van der Waals surface area contributed by atoms with Gasteiger partial charge < -0.3 is 15.4 Å². The molecule has 12 heteroatoms. The van der Waals surface area contributed by atoms with Gasteiger partial charge in [0.25, 0.3) is 0 Å². The van der Waals surface area contributed by atoms with Crippen LogP contribution in [0.25, 0.3) is 0 Å². The fourth-order valence-corrected chi connectivity index (χ4v) is 7.17. The van der Waals surface area contributed by atoms with Crippen LogP contribution in [0.4, 0.5) is 0 Å². The smallest absolute Gasteiger partial charge is 0.329 e. The zero-order valence-corrected chi connectivity index (χ0v) is 27.6. The number of unbranched alkanes of at least 4 members (excludes halogenated alkanes) is 4. The van der Waals surface area contributed by atoms with Crippen molar-refractivity contribution in [2.75, 3.05) is 11.5 Å². The number of amides is 2. The van der Waals surface area contributed by atoms with Crippen molar-refractivity contribution in [3.63, 3.8) is 0 Å². The second-order valence-electron chi connectivity index (χ2n) is 11.3. The van der Waals surface area contributed by atoms with Crippen LogP contribution in [0.1, 0.15) is 96.2 Å². The van der Waals surface area contributed by atoms with Gasteiger partial charge in [-0.3, -0.25) is 19.4 Å². The Kier molecular flexibility index (Phi) is 14.1. The van der Waals surface area contributed by atoms with E-state index >= 15 is 0 Å². The van der Waals surface area contributed by atoms with Crippen LogP contribution in [0.2, 0.25) is 0 Å². The number of cyclic esters (lactones) is 1. The standard InChI is InChI=1S/C30H44N4O5S3/c1-5-6-7-8-9-13-26(36)40-14-11-10-12-21-16-24(35)31-17-25-32-23(18-41-25)27-34-30(4,19-42-27)29(38)33-22(15-20(2)3)28(37)39-21/h10,12,18,20-22H,5-9,11,13-17,19H2,1-4H3,(H,31,35)(H,33,38)/b12-10-/t21-,22+,30+/m1/s1. The number of esters is 1. The Morgan fingerprint density at radius 3 is 2.79 bits per heavy atom. The third-order valence-electron chi connectivity index (χ3n) is 6.87. The van der Waals surface area contributed by atoms with Gasteiger partial charge in [0, 0.05) is 23.3 Å². The monoisotopic (exact) mass is 636 g/mol. The van der Waals surface area contributed by atoms with Crippen molar-refractivity contribution in [2.45, 2.75) is 110 Å². The van der Waals surface area contributed by atoms with Gasteiger partial charge >= 0.3 is 5.97 Å². The number of aromatic nitrogens is 1. The van der Waals surface area contributed by atoms with Crippen molar-refractivity contribution in [3.8, 4) is 0 Å². The Balaban J connectivity index is 1.68. The Morgan fingerprint density at radius 2 is 2.02 bits per heavy atom. The molecule has 0 fully saturated rings. The van der Waals surface area contributed by atoms with E-state index in [-0.39, 0.29) is 35.8 Å². The molecule has 2 aliphatic heterocycles. The number of thiazole rings is 1. The summed E-state index contributed by atoms with van der Waals surface area (Å²) in [6, 6.07) is -0.873. The molecule has 3 atom stereocenters. The number of thioether (sulfide) groups is 2. The Labute approximate surface area is 261 Å². The first-order valence-corrected chi connectivity index (χ1v) is 17.7. The molecule has 3 heterocycles. The Morgan fingerprint density at radius 1 is 1.24 bits per heavy atom. The maximum atomic E-state index is 13.4. The van der Waals surface area contributed by atoms with E-state index in [1.165, 1.54) is 54.1 Å². The van der Waals surface area contributed by atoms with Crippen LogP contribution in [-0.4, -0.2) is 62.1 Å². The minimum atomic E-state index is -1.03. The van der Waals surface area contributed by atoms with Crippen LogP contribution < -0.4 is 10.6 Å². The van der Waals surface area contributed by atoms with Crippen molar-refractivity contribution >= 4 is 62.8 Å². The second-order valence-corrected chi connectivity index (χ2v) is 14.4. The molecule has 0 aliphatic carbocycles. The summed E-state index contributed by atoms with van der Waals surface area (Å²) in [6.07, 6.45) is 9.83. The number of fused-ring (bicyclic) bond motifs is 4. The zero-order chi connectivity index (χ0) is 30.5. The van der Waals surface area contributed by atoms with Gasteiger partial charge in [0.05, 0.1) is 13.0 Å². The molecular weight excluding hydrogens is 593 g/mol. The van der Waals surface area contributed by atoms with Crippen molar-refractivity contribution in [1.29, 1.82) is 0 Å². The molecule has 2 N–H and O–H groups in total. The normalized spacial score (nSPS) is 23.5. The number of aliphatic imine (C=N–C) groups is 1. The summed E-state index contributed by atoms with van der Waals surface area (Å²) in [5.41, 5.74) is -0.348. The van der Waals surface area contributed by atoms with Crippen molar-refractivity contribution < 1.29 is 23.9 Å². The highest BCUT2D eigenvalue weighted by Gasteiger charge is 2.41. The van der Waals surface area contributed by atoms with Crippen LogP contribution >= 0.6 is 34.9 Å².